The Morgan fingerprint density at radius 1 is 1.15 bits per heavy atom. The number of fused-ring (bicyclic) bond motifs is 1. The minimum atomic E-state index is -0.586. The van der Waals surface area contributed by atoms with Crippen molar-refractivity contribution >= 4 is 28.2 Å². The van der Waals surface area contributed by atoms with Gasteiger partial charge in [0.05, 0.1) is 18.4 Å². The second-order valence-corrected chi connectivity index (χ2v) is 8.42. The number of carbonyl (C=O) groups is 1. The molecule has 1 N–H and O–H groups in total. The summed E-state index contributed by atoms with van der Waals surface area (Å²) in [5, 5.41) is 12.1. The number of aromatic nitrogens is 2. The topological polar surface area (TPSA) is 87.9 Å². The molecule has 2 aromatic carbocycles. The van der Waals surface area contributed by atoms with Crippen molar-refractivity contribution in [2.45, 2.75) is 0 Å². The zero-order valence-electron chi connectivity index (χ0n) is 17.8. The summed E-state index contributed by atoms with van der Waals surface area (Å²) < 4.78 is 20.2. The van der Waals surface area contributed by atoms with Crippen LogP contribution in [0, 0.1) is 17.1 Å². The summed E-state index contributed by atoms with van der Waals surface area (Å²) in [6, 6.07) is 18.6. The number of hydrogen-bond acceptors (Lipinski definition) is 5. The average molecular weight is 469 g/mol. The summed E-state index contributed by atoms with van der Waals surface area (Å²) in [7, 11) is 1.26. The van der Waals surface area contributed by atoms with Crippen molar-refractivity contribution in [1.29, 1.82) is 5.26 Å². The molecule has 0 saturated heterocycles. The van der Waals surface area contributed by atoms with Gasteiger partial charge in [-0.2, -0.15) is 5.26 Å². The van der Waals surface area contributed by atoms with E-state index < -0.39 is 5.97 Å². The van der Waals surface area contributed by atoms with E-state index in [1.54, 1.807) is 18.2 Å². The van der Waals surface area contributed by atoms with Gasteiger partial charge in [0.15, 0.2) is 0 Å². The number of benzene rings is 2. The van der Waals surface area contributed by atoms with Gasteiger partial charge in [-0.15, -0.1) is 11.3 Å². The van der Waals surface area contributed by atoms with Gasteiger partial charge in [-0.1, -0.05) is 12.1 Å². The van der Waals surface area contributed by atoms with Gasteiger partial charge >= 0.3 is 5.97 Å². The number of rotatable bonds is 4. The molecule has 5 rings (SSSR count). The summed E-state index contributed by atoms with van der Waals surface area (Å²) >= 11 is 1.32. The van der Waals surface area contributed by atoms with Crippen LogP contribution in [-0.2, 0) is 4.74 Å². The lowest BCUT2D eigenvalue weighted by Gasteiger charge is -2.10. The lowest BCUT2D eigenvalue weighted by atomic mass is 9.98. The van der Waals surface area contributed by atoms with Gasteiger partial charge < -0.3 is 9.72 Å². The maximum Gasteiger partial charge on any atom is 0.338 e. The highest BCUT2D eigenvalue weighted by Gasteiger charge is 2.19. The molecule has 0 spiro atoms. The molecule has 0 atom stereocenters. The average Bonchev–Trinajstić information content (AvgIpc) is 3.47. The minimum absolute atomic E-state index is 0.168. The third-order valence-electron chi connectivity index (χ3n) is 5.55. The zero-order valence-corrected chi connectivity index (χ0v) is 18.7. The van der Waals surface area contributed by atoms with Crippen LogP contribution in [0.25, 0.3) is 39.0 Å². The molecule has 0 aliphatic rings. The largest absolute Gasteiger partial charge is 0.465 e. The molecular weight excluding hydrogens is 453 g/mol. The van der Waals surface area contributed by atoms with E-state index in [1.807, 2.05) is 23.6 Å². The number of nitrogens with zero attached hydrogens (tertiary/aromatic N) is 2. The molecule has 0 bridgehead atoms. The lowest BCUT2D eigenvalue weighted by molar-refractivity contribution is 0.0600. The maximum absolute atomic E-state index is 14.2. The predicted octanol–water partition coefficient (Wildman–Crippen LogP) is 5.51. The van der Waals surface area contributed by atoms with E-state index in [2.05, 4.69) is 15.8 Å². The monoisotopic (exact) mass is 469 g/mol. The van der Waals surface area contributed by atoms with Gasteiger partial charge in [0.2, 0.25) is 0 Å². The highest BCUT2D eigenvalue weighted by atomic mass is 32.1. The van der Waals surface area contributed by atoms with Crippen molar-refractivity contribution in [3.8, 4) is 34.1 Å². The molecule has 0 aliphatic heterocycles. The fraction of sp³-hybridized carbons (Fsp3) is 0.0385. The summed E-state index contributed by atoms with van der Waals surface area (Å²) in [4.78, 5) is 28.3. The molecule has 166 valence electrons. The Morgan fingerprint density at radius 2 is 2.00 bits per heavy atom. The van der Waals surface area contributed by atoms with E-state index >= 15 is 0 Å². The van der Waals surface area contributed by atoms with E-state index in [0.29, 0.717) is 27.2 Å². The van der Waals surface area contributed by atoms with Crippen LogP contribution in [0.5, 0.6) is 0 Å². The van der Waals surface area contributed by atoms with Crippen LogP contribution in [0.1, 0.15) is 15.2 Å². The molecule has 0 saturated carbocycles. The van der Waals surface area contributed by atoms with Crippen molar-refractivity contribution in [3.63, 3.8) is 0 Å². The predicted molar refractivity (Wildman–Crippen MR) is 129 cm³/mol. The van der Waals surface area contributed by atoms with Crippen LogP contribution in [0.2, 0.25) is 0 Å². The third-order valence-corrected chi connectivity index (χ3v) is 6.37. The minimum Gasteiger partial charge on any atom is -0.465 e. The van der Waals surface area contributed by atoms with E-state index in [1.165, 1.54) is 53.5 Å². The number of pyridine rings is 1. The Labute approximate surface area is 197 Å². The number of aromatic amines is 1. The van der Waals surface area contributed by atoms with Crippen molar-refractivity contribution in [3.05, 3.63) is 98.9 Å². The number of methoxy groups -OCH3 is 1. The molecule has 3 aromatic heterocycles. The maximum atomic E-state index is 14.2. The van der Waals surface area contributed by atoms with Gasteiger partial charge in [-0.3, -0.25) is 9.36 Å². The Morgan fingerprint density at radius 3 is 2.76 bits per heavy atom. The third kappa shape index (κ3) is 3.58. The molecule has 6 nitrogen and oxygen atoms in total. The van der Waals surface area contributed by atoms with E-state index in [-0.39, 0.29) is 16.9 Å². The van der Waals surface area contributed by atoms with Gasteiger partial charge in [0.25, 0.3) is 5.56 Å². The smallest absolute Gasteiger partial charge is 0.338 e. The molecule has 0 radical (unpaired) electrons. The molecule has 5 aromatic rings. The van der Waals surface area contributed by atoms with Crippen LogP contribution < -0.4 is 5.56 Å². The number of thiophene rings is 1. The number of H-pyrrole nitrogens is 1. The molecule has 0 unspecified atom stereocenters. The molecule has 34 heavy (non-hydrogen) atoms. The fourth-order valence-corrected chi connectivity index (χ4v) is 4.69. The second-order valence-electron chi connectivity index (χ2n) is 7.51. The Balaban J connectivity index is 1.70. The van der Waals surface area contributed by atoms with Crippen molar-refractivity contribution in [2.24, 2.45) is 0 Å². The number of halogens is 1. The van der Waals surface area contributed by atoms with Gasteiger partial charge in [-0.05, 0) is 47.8 Å². The van der Waals surface area contributed by atoms with Crippen molar-refractivity contribution < 1.29 is 13.9 Å². The van der Waals surface area contributed by atoms with Gasteiger partial charge in [0, 0.05) is 45.5 Å². The van der Waals surface area contributed by atoms with Gasteiger partial charge in [-0.25, -0.2) is 9.18 Å². The van der Waals surface area contributed by atoms with Crippen molar-refractivity contribution in [2.75, 3.05) is 7.11 Å². The van der Waals surface area contributed by atoms with Crippen LogP contribution in [0.4, 0.5) is 4.39 Å². The number of esters is 1. The molecule has 3 heterocycles. The molecule has 0 amide bonds. The van der Waals surface area contributed by atoms with Crippen LogP contribution in [0.15, 0.2) is 77.0 Å². The molecule has 0 fully saturated rings. The normalized spacial score (nSPS) is 10.9. The summed E-state index contributed by atoms with van der Waals surface area (Å²) in [5.41, 5.74) is 3.99. The van der Waals surface area contributed by atoms with E-state index in [0.717, 1.165) is 16.6 Å². The molecule has 0 aliphatic carbocycles. The summed E-state index contributed by atoms with van der Waals surface area (Å²) in [6.07, 6.45) is 1.52. The Kier molecular flexibility index (Phi) is 5.32. The molecular formula is C26H16FN3O3S. The van der Waals surface area contributed by atoms with Crippen LogP contribution in [0.3, 0.4) is 0 Å². The Hall–Kier alpha value is -4.48. The number of nitriles is 1. The van der Waals surface area contributed by atoms with E-state index in [4.69, 9.17) is 0 Å². The molecule has 8 heteroatoms. The standard InChI is InChI=1S/C26H16FN3O3S/c1-33-26(32)16-7-9-30(23(31)12-16)18-4-2-3-15(11-18)25-24(19-8-10-34-22(19)14-28)20-13-17(27)5-6-21(20)29-25/h2-13,29H,1H3. The second kappa shape index (κ2) is 8.46. The first-order chi connectivity index (χ1) is 16.5. The van der Waals surface area contributed by atoms with Gasteiger partial charge in [0.1, 0.15) is 16.8 Å². The zero-order chi connectivity index (χ0) is 23.8. The first-order valence-corrected chi connectivity index (χ1v) is 11.1. The highest BCUT2D eigenvalue weighted by molar-refractivity contribution is 7.11. The summed E-state index contributed by atoms with van der Waals surface area (Å²) in [6.45, 7) is 0. The first-order valence-electron chi connectivity index (χ1n) is 10.2. The summed E-state index contributed by atoms with van der Waals surface area (Å²) in [5.74, 6) is -0.962. The number of carbonyl (C=O) groups excluding carboxylic acids is 1. The Bertz CT molecular complexity index is 1670. The van der Waals surface area contributed by atoms with Crippen LogP contribution >= 0.6 is 11.3 Å². The van der Waals surface area contributed by atoms with Crippen molar-refractivity contribution in [1.82, 2.24) is 9.55 Å². The first kappa shape index (κ1) is 21.4. The lowest BCUT2D eigenvalue weighted by Crippen LogP contribution is -2.19. The highest BCUT2D eigenvalue weighted by Crippen LogP contribution is 2.41. The number of hydrogen-bond donors (Lipinski definition) is 1. The number of nitrogens with one attached hydrogen (secondary N) is 1. The van der Waals surface area contributed by atoms with Crippen LogP contribution in [-0.4, -0.2) is 22.6 Å². The van der Waals surface area contributed by atoms with E-state index in [9.17, 15) is 19.2 Å². The number of ether oxygens (including phenoxy) is 1. The quantitative estimate of drug-likeness (QED) is 0.352. The fourth-order valence-electron chi connectivity index (χ4n) is 4.00. The SMILES string of the molecule is COC(=O)c1ccn(-c2cccc(-c3[nH]c4ccc(F)cc4c3-c3ccsc3C#N)c2)c(=O)c1.